The fourth-order valence-electron chi connectivity index (χ4n) is 8.66. The molecule has 250 valence electrons. The fraction of sp³-hybridized carbons (Fsp3) is 0.0426. The monoisotopic (exact) mass is 824 g/mol. The number of rotatable bonds is 4. The van der Waals surface area contributed by atoms with Crippen molar-refractivity contribution < 1.29 is 46.1 Å². The van der Waals surface area contributed by atoms with Crippen molar-refractivity contribution in [3.8, 4) is 11.1 Å². The maximum absolute atomic E-state index is 6.93. The molecule has 0 aromatic heterocycles. The molecule has 0 aliphatic heterocycles. The van der Waals surface area contributed by atoms with Crippen molar-refractivity contribution in [2.75, 3.05) is 0 Å². The van der Waals surface area contributed by atoms with Gasteiger partial charge in [-0.1, -0.05) is 0 Å². The SMILES string of the molecule is Clc1cccc2c([C](c3cccc4c(Cl)cccc34)=[Zr+2]([c]3cccc4c3c3c(c5ccccc54)-c4ccccc4C3)[CH]3C=CC=C3)cccc12.[Cl-].[Cl-]. The number of hydrogen-bond acceptors (Lipinski definition) is 0. The summed E-state index contributed by atoms with van der Waals surface area (Å²) in [6.07, 6.45) is 10.4. The summed E-state index contributed by atoms with van der Waals surface area (Å²) in [4.78, 5) is 0. The Kier molecular flexibility index (Phi) is 9.63. The smallest absolute Gasteiger partial charge is 1.00 e. The quantitative estimate of drug-likeness (QED) is 0.176. The Morgan fingerprint density at radius 2 is 1.02 bits per heavy atom. The van der Waals surface area contributed by atoms with Crippen LogP contribution in [-0.2, 0) is 27.7 Å². The minimum Gasteiger partial charge on any atom is -1.00 e. The van der Waals surface area contributed by atoms with Gasteiger partial charge >= 0.3 is 311 Å². The molecule has 52 heavy (non-hydrogen) atoms. The molecule has 0 unspecified atom stereocenters. The molecule has 0 radical (unpaired) electrons. The van der Waals surface area contributed by atoms with E-state index in [1.807, 2.05) is 12.1 Å². The number of halogens is 4. The molecule has 10 rings (SSSR count). The Bertz CT molecular complexity index is 2730. The van der Waals surface area contributed by atoms with Crippen molar-refractivity contribution in [3.63, 3.8) is 0 Å². The molecule has 5 heteroatoms. The van der Waals surface area contributed by atoms with Crippen LogP contribution in [0.1, 0.15) is 22.3 Å². The number of fused-ring (bicyclic) bond motifs is 10. The first-order chi connectivity index (χ1) is 24.7. The Hall–Kier alpha value is -3.81. The summed E-state index contributed by atoms with van der Waals surface area (Å²) in [5.41, 5.74) is 8.22. The summed E-state index contributed by atoms with van der Waals surface area (Å²) in [5, 5.41) is 11.6. The van der Waals surface area contributed by atoms with Gasteiger partial charge in [0.15, 0.2) is 0 Å². The van der Waals surface area contributed by atoms with E-state index in [0.717, 1.165) is 27.2 Å². The molecule has 2 aliphatic carbocycles. The molecule has 0 atom stereocenters. The topological polar surface area (TPSA) is 0 Å². The summed E-state index contributed by atoms with van der Waals surface area (Å²) >= 11 is 10.8. The van der Waals surface area contributed by atoms with Gasteiger partial charge in [0, 0.05) is 0 Å². The Balaban J connectivity index is 0.00000193. The van der Waals surface area contributed by atoms with Crippen LogP contribution in [0.15, 0.2) is 164 Å². The predicted molar refractivity (Wildman–Crippen MR) is 212 cm³/mol. The number of allylic oxidation sites excluding steroid dienone is 4. The van der Waals surface area contributed by atoms with Gasteiger partial charge in [0.1, 0.15) is 0 Å². The van der Waals surface area contributed by atoms with Crippen LogP contribution in [0.2, 0.25) is 13.7 Å². The minimum absolute atomic E-state index is 0. The standard InChI is InChI=1S/C21H12Cl2.C21H13.C5H5.2ClH.Zr/c22-20-11-3-7-16-14(5-1-9-18(16)20)13-15-6-2-10-19-17(15)8-4-12-21(19)23;1-2-8-15-14(7-1)13-20-18-11-4-3-9-16(18)17-10-5-6-12-19(17)21(15)20;1-2-4-5-3-1;;;/h1-12H;1-10,12H,13H2;1-5H;2*1H;/q;;;;;+2/p-2. The number of hydrogen-bond donors (Lipinski definition) is 0. The van der Waals surface area contributed by atoms with Gasteiger partial charge in [-0.2, -0.15) is 0 Å². The van der Waals surface area contributed by atoms with E-state index in [4.69, 9.17) is 23.2 Å². The van der Waals surface area contributed by atoms with Crippen LogP contribution in [-0.4, -0.2) is 3.21 Å². The molecule has 8 aromatic rings. The average Bonchev–Trinajstić information content (AvgIpc) is 3.83. The van der Waals surface area contributed by atoms with Crippen LogP contribution < -0.4 is 28.1 Å². The molecule has 0 bridgehead atoms. The van der Waals surface area contributed by atoms with Gasteiger partial charge in [0.2, 0.25) is 0 Å². The number of benzene rings is 8. The zero-order valence-electron chi connectivity index (χ0n) is 27.9. The molecule has 0 N–H and O–H groups in total. The van der Waals surface area contributed by atoms with Crippen LogP contribution in [0.4, 0.5) is 0 Å². The second kappa shape index (κ2) is 14.2. The maximum atomic E-state index is 6.93. The Morgan fingerprint density at radius 1 is 0.500 bits per heavy atom. The van der Waals surface area contributed by atoms with E-state index in [1.165, 1.54) is 72.2 Å². The molecule has 2 aliphatic rings. The molecule has 0 amide bonds. The Morgan fingerprint density at radius 3 is 1.69 bits per heavy atom. The van der Waals surface area contributed by atoms with Gasteiger partial charge in [-0.25, -0.2) is 0 Å². The predicted octanol–water partition coefficient (Wildman–Crippen LogP) is 6.61. The molecule has 0 nitrogen and oxygen atoms in total. The van der Waals surface area contributed by atoms with Crippen molar-refractivity contribution in [1.29, 1.82) is 0 Å². The van der Waals surface area contributed by atoms with Gasteiger partial charge in [-0.05, 0) is 0 Å². The van der Waals surface area contributed by atoms with Gasteiger partial charge in [0.05, 0.1) is 0 Å². The van der Waals surface area contributed by atoms with Crippen LogP contribution in [0.25, 0.3) is 54.2 Å². The van der Waals surface area contributed by atoms with Gasteiger partial charge in [0.25, 0.3) is 0 Å². The fourth-order valence-corrected chi connectivity index (χ4v) is 17.5. The zero-order valence-corrected chi connectivity index (χ0v) is 33.4. The summed E-state index contributed by atoms with van der Waals surface area (Å²) < 4.78 is 3.33. The minimum atomic E-state index is -3.06. The molecular formula is C47H30Cl4Zr. The van der Waals surface area contributed by atoms with E-state index >= 15 is 0 Å². The van der Waals surface area contributed by atoms with Crippen molar-refractivity contribution in [2.24, 2.45) is 0 Å². The Labute approximate surface area is 333 Å². The maximum Gasteiger partial charge on any atom is -1.00 e. The van der Waals surface area contributed by atoms with Crippen molar-refractivity contribution in [3.05, 3.63) is 196 Å². The van der Waals surface area contributed by atoms with Gasteiger partial charge < -0.3 is 24.8 Å². The second-order valence-corrected chi connectivity index (χ2v) is 20.4. The van der Waals surface area contributed by atoms with E-state index < -0.39 is 21.3 Å². The molecule has 8 aromatic carbocycles. The van der Waals surface area contributed by atoms with E-state index in [1.54, 1.807) is 0 Å². The molecular weight excluding hydrogens is 798 g/mol. The first-order valence-corrected chi connectivity index (χ1v) is 21.8. The second-order valence-electron chi connectivity index (χ2n) is 13.3. The van der Waals surface area contributed by atoms with Crippen molar-refractivity contribution in [2.45, 2.75) is 10.0 Å². The summed E-state index contributed by atoms with van der Waals surface area (Å²) in [6.45, 7) is 0. The largest absolute Gasteiger partial charge is 1.00 e. The summed E-state index contributed by atoms with van der Waals surface area (Å²) in [5.74, 6) is 0. The van der Waals surface area contributed by atoms with Crippen molar-refractivity contribution >= 4 is 72.8 Å². The normalized spacial score (nSPS) is 12.8. The van der Waals surface area contributed by atoms with E-state index in [-0.39, 0.29) is 24.8 Å². The zero-order chi connectivity index (χ0) is 33.3. The van der Waals surface area contributed by atoms with E-state index in [0.29, 0.717) is 3.63 Å². The van der Waals surface area contributed by atoms with E-state index in [2.05, 4.69) is 152 Å². The van der Waals surface area contributed by atoms with E-state index in [9.17, 15) is 0 Å². The molecule has 0 saturated heterocycles. The average molecular weight is 828 g/mol. The third kappa shape index (κ3) is 5.48. The van der Waals surface area contributed by atoms with Crippen LogP contribution in [0.5, 0.6) is 0 Å². The van der Waals surface area contributed by atoms with Crippen LogP contribution in [0.3, 0.4) is 0 Å². The molecule has 0 spiro atoms. The third-order valence-corrected chi connectivity index (χ3v) is 19.1. The summed E-state index contributed by atoms with van der Waals surface area (Å²) in [6, 6.07) is 51.3. The molecule has 0 saturated carbocycles. The third-order valence-electron chi connectivity index (χ3n) is 10.7. The first-order valence-electron chi connectivity index (χ1n) is 17.2. The van der Waals surface area contributed by atoms with Crippen LogP contribution in [0, 0.1) is 0 Å². The molecule has 0 fully saturated rings. The van der Waals surface area contributed by atoms with Crippen LogP contribution >= 0.6 is 23.2 Å². The van der Waals surface area contributed by atoms with Gasteiger partial charge in [-0.15, -0.1) is 0 Å². The summed E-state index contributed by atoms with van der Waals surface area (Å²) in [7, 11) is 0. The van der Waals surface area contributed by atoms with Crippen molar-refractivity contribution in [1.82, 2.24) is 0 Å². The molecule has 0 heterocycles. The first kappa shape index (κ1) is 35.2. The van der Waals surface area contributed by atoms with Gasteiger partial charge in [-0.3, -0.25) is 0 Å².